The van der Waals surface area contributed by atoms with Gasteiger partial charge in [-0.3, -0.25) is 4.79 Å². The van der Waals surface area contributed by atoms with Crippen LogP contribution in [0.15, 0.2) is 0 Å². The van der Waals surface area contributed by atoms with Crippen LogP contribution < -0.4 is 0 Å². The average molecular weight is 306 g/mol. The molecule has 0 bridgehead atoms. The highest BCUT2D eigenvalue weighted by Crippen LogP contribution is 2.39. The highest BCUT2D eigenvalue weighted by atomic mass is 19.3. The fourth-order valence-corrected chi connectivity index (χ4v) is 2.68. The molecule has 21 heavy (non-hydrogen) atoms. The number of likely N-dealkylation sites (tertiary alicyclic amines) is 1. The lowest BCUT2D eigenvalue weighted by Gasteiger charge is -2.37. The fraction of sp³-hybridized carbons (Fsp3) is 0.750. The van der Waals surface area contributed by atoms with E-state index in [0.717, 1.165) is 9.58 Å². The van der Waals surface area contributed by atoms with Crippen LogP contribution >= 0.6 is 0 Å². The van der Waals surface area contributed by atoms with Crippen LogP contribution in [0.25, 0.3) is 0 Å². The van der Waals surface area contributed by atoms with Crippen LogP contribution in [0.5, 0.6) is 0 Å². The van der Waals surface area contributed by atoms with E-state index in [1.54, 1.807) is 0 Å². The molecule has 3 rings (SSSR count). The molecular formula is C12H14F4N4O. The number of hydrogen-bond donors (Lipinski definition) is 0. The Morgan fingerprint density at radius 1 is 1.43 bits per heavy atom. The Kier molecular flexibility index (Phi) is 3.00. The van der Waals surface area contributed by atoms with Gasteiger partial charge in [-0.1, -0.05) is 6.92 Å². The van der Waals surface area contributed by atoms with Crippen molar-refractivity contribution in [1.82, 2.24) is 19.7 Å². The first-order chi connectivity index (χ1) is 9.73. The summed E-state index contributed by atoms with van der Waals surface area (Å²) in [7, 11) is 0. The van der Waals surface area contributed by atoms with Crippen molar-refractivity contribution in [1.29, 1.82) is 0 Å². The van der Waals surface area contributed by atoms with Gasteiger partial charge in [0.25, 0.3) is 17.8 Å². The van der Waals surface area contributed by atoms with Crippen LogP contribution in [0.4, 0.5) is 17.6 Å². The standard InChI is InChI=1S/C12H14F4N4O/c1-2-12(15,16)7-3-4-8-17-9(18-20(7)8)10(21)19-5-11(13,14)6-19/h7H,2-6H2,1H3. The third-order valence-corrected chi connectivity index (χ3v) is 3.92. The van der Waals surface area contributed by atoms with Gasteiger partial charge in [-0.15, -0.1) is 5.10 Å². The van der Waals surface area contributed by atoms with Crippen molar-refractivity contribution in [3.8, 4) is 0 Å². The van der Waals surface area contributed by atoms with Gasteiger partial charge in [0.2, 0.25) is 5.82 Å². The van der Waals surface area contributed by atoms with Crippen LogP contribution in [-0.2, 0) is 6.42 Å². The molecule has 1 aromatic rings. The van der Waals surface area contributed by atoms with Gasteiger partial charge < -0.3 is 4.90 Å². The number of nitrogens with zero attached hydrogens (tertiary/aromatic N) is 4. The van der Waals surface area contributed by atoms with Gasteiger partial charge in [0.05, 0.1) is 13.1 Å². The zero-order valence-electron chi connectivity index (χ0n) is 11.3. The maximum Gasteiger partial charge on any atom is 0.293 e. The lowest BCUT2D eigenvalue weighted by atomic mass is 10.1. The van der Waals surface area contributed by atoms with E-state index < -0.39 is 36.9 Å². The summed E-state index contributed by atoms with van der Waals surface area (Å²) in [4.78, 5) is 16.7. The van der Waals surface area contributed by atoms with Gasteiger partial charge in [-0.05, 0) is 6.42 Å². The first-order valence-electron chi connectivity index (χ1n) is 6.74. The summed E-state index contributed by atoms with van der Waals surface area (Å²) in [6, 6.07) is -1.12. The first-order valence-corrected chi connectivity index (χ1v) is 6.74. The van der Waals surface area contributed by atoms with Gasteiger partial charge in [-0.2, -0.15) is 0 Å². The average Bonchev–Trinajstić information content (AvgIpc) is 2.94. The summed E-state index contributed by atoms with van der Waals surface area (Å²) in [5, 5.41) is 3.83. The van der Waals surface area contributed by atoms with Crippen molar-refractivity contribution in [3.05, 3.63) is 11.6 Å². The normalized spacial score (nSPS) is 23.9. The number of carbonyl (C=O) groups is 1. The van der Waals surface area contributed by atoms with E-state index in [4.69, 9.17) is 0 Å². The summed E-state index contributed by atoms with van der Waals surface area (Å²) >= 11 is 0. The number of alkyl halides is 4. The molecule has 1 aromatic heterocycles. The summed E-state index contributed by atoms with van der Waals surface area (Å²) in [6.45, 7) is 0.0254. The third kappa shape index (κ3) is 2.28. The Labute approximate surface area is 117 Å². The Morgan fingerprint density at radius 3 is 2.67 bits per heavy atom. The lowest BCUT2D eigenvalue weighted by Crippen LogP contribution is -2.58. The molecule has 9 heteroatoms. The second kappa shape index (κ2) is 4.41. The molecule has 3 heterocycles. The molecular weight excluding hydrogens is 292 g/mol. The molecule has 0 aromatic carbocycles. The van der Waals surface area contributed by atoms with Crippen molar-refractivity contribution in [2.75, 3.05) is 13.1 Å². The minimum absolute atomic E-state index is 0.215. The molecule has 0 radical (unpaired) electrons. The highest BCUT2D eigenvalue weighted by molar-refractivity contribution is 5.91. The Morgan fingerprint density at radius 2 is 2.10 bits per heavy atom. The van der Waals surface area contributed by atoms with Gasteiger partial charge in [0, 0.05) is 12.8 Å². The van der Waals surface area contributed by atoms with E-state index in [1.165, 1.54) is 6.92 Å². The van der Waals surface area contributed by atoms with Gasteiger partial charge >= 0.3 is 0 Å². The molecule has 0 aliphatic carbocycles. The van der Waals surface area contributed by atoms with E-state index in [0.29, 0.717) is 12.2 Å². The fourth-order valence-electron chi connectivity index (χ4n) is 2.68. The Balaban J connectivity index is 1.79. The molecule has 0 N–H and O–H groups in total. The Bertz CT molecular complexity index is 578. The summed E-state index contributed by atoms with van der Waals surface area (Å²) in [5.41, 5.74) is 0. The van der Waals surface area contributed by atoms with Crippen molar-refractivity contribution < 1.29 is 22.4 Å². The molecule has 1 unspecified atom stereocenters. The van der Waals surface area contributed by atoms with Gasteiger partial charge in [0.1, 0.15) is 11.9 Å². The summed E-state index contributed by atoms with van der Waals surface area (Å²) in [5.74, 6) is -6.51. The van der Waals surface area contributed by atoms with Crippen molar-refractivity contribution in [2.45, 2.75) is 44.1 Å². The number of fused-ring (bicyclic) bond motifs is 1. The molecule has 0 saturated carbocycles. The molecule has 2 aliphatic heterocycles. The second-order valence-electron chi connectivity index (χ2n) is 5.48. The van der Waals surface area contributed by atoms with E-state index >= 15 is 0 Å². The predicted octanol–water partition coefficient (Wildman–Crippen LogP) is 1.90. The van der Waals surface area contributed by atoms with Gasteiger partial charge in [-0.25, -0.2) is 27.2 Å². The maximum atomic E-state index is 13.8. The monoisotopic (exact) mass is 306 g/mol. The van der Waals surface area contributed by atoms with Crippen LogP contribution in [0.1, 0.15) is 42.3 Å². The SMILES string of the molecule is CCC(F)(F)C1CCc2nc(C(=O)N3CC(F)(F)C3)nn21. The van der Waals surface area contributed by atoms with Crippen LogP contribution in [-0.4, -0.2) is 50.5 Å². The maximum absolute atomic E-state index is 13.8. The van der Waals surface area contributed by atoms with Crippen molar-refractivity contribution in [3.63, 3.8) is 0 Å². The number of amides is 1. The lowest BCUT2D eigenvalue weighted by molar-refractivity contribution is -0.113. The van der Waals surface area contributed by atoms with E-state index in [9.17, 15) is 22.4 Å². The zero-order chi connectivity index (χ0) is 15.4. The number of hydrogen-bond acceptors (Lipinski definition) is 3. The zero-order valence-corrected chi connectivity index (χ0v) is 11.3. The second-order valence-corrected chi connectivity index (χ2v) is 5.48. The number of aryl methyl sites for hydroxylation is 1. The number of halogens is 4. The van der Waals surface area contributed by atoms with Gasteiger partial charge in [0.15, 0.2) is 0 Å². The predicted molar refractivity (Wildman–Crippen MR) is 63.5 cm³/mol. The molecule has 1 fully saturated rings. The quantitative estimate of drug-likeness (QED) is 0.802. The molecule has 116 valence electrons. The molecule has 2 aliphatic rings. The molecule has 1 atom stereocenters. The van der Waals surface area contributed by atoms with Crippen molar-refractivity contribution in [2.24, 2.45) is 0 Å². The largest absolute Gasteiger partial charge is 0.324 e. The van der Waals surface area contributed by atoms with Crippen LogP contribution in [0.2, 0.25) is 0 Å². The first kappa shape index (κ1) is 14.3. The Hall–Kier alpha value is -1.67. The molecule has 1 saturated heterocycles. The minimum atomic E-state index is -2.93. The summed E-state index contributed by atoms with van der Waals surface area (Å²) < 4.78 is 54.2. The van der Waals surface area contributed by atoms with Crippen molar-refractivity contribution >= 4 is 5.91 Å². The van der Waals surface area contributed by atoms with E-state index in [2.05, 4.69) is 10.1 Å². The molecule has 0 spiro atoms. The molecule has 5 nitrogen and oxygen atoms in total. The number of aromatic nitrogens is 3. The number of rotatable bonds is 3. The number of carbonyl (C=O) groups excluding carboxylic acids is 1. The van der Waals surface area contributed by atoms with E-state index in [-0.39, 0.29) is 18.7 Å². The molecule has 1 amide bonds. The van der Waals surface area contributed by atoms with Crippen LogP contribution in [0, 0.1) is 0 Å². The van der Waals surface area contributed by atoms with E-state index in [1.807, 2.05) is 0 Å². The smallest absolute Gasteiger partial charge is 0.293 e. The van der Waals surface area contributed by atoms with Crippen LogP contribution in [0.3, 0.4) is 0 Å². The topological polar surface area (TPSA) is 51.0 Å². The summed E-state index contributed by atoms with van der Waals surface area (Å²) in [6.07, 6.45) is 0.182. The minimum Gasteiger partial charge on any atom is -0.324 e. The third-order valence-electron chi connectivity index (χ3n) is 3.92. The highest BCUT2D eigenvalue weighted by Gasteiger charge is 2.48.